The van der Waals surface area contributed by atoms with Crippen molar-refractivity contribution in [3.05, 3.63) is 96.6 Å². The van der Waals surface area contributed by atoms with Crippen molar-refractivity contribution in [1.82, 2.24) is 14.7 Å². The fourth-order valence-corrected chi connectivity index (χ4v) is 4.26. The molecule has 2 amide bonds. The molecule has 0 saturated carbocycles. The first-order chi connectivity index (χ1) is 15.2. The van der Waals surface area contributed by atoms with Crippen LogP contribution in [0, 0.1) is 5.92 Å². The van der Waals surface area contributed by atoms with Crippen molar-refractivity contribution in [1.29, 1.82) is 0 Å². The number of carbonyl (C=O) groups excluding carboxylic acids is 2. The van der Waals surface area contributed by atoms with E-state index in [4.69, 9.17) is 5.11 Å². The minimum Gasteiger partial charge on any atom is -0.395 e. The molecule has 2 heterocycles. The summed E-state index contributed by atoms with van der Waals surface area (Å²) in [5.74, 6) is -0.307. The first-order valence-electron chi connectivity index (χ1n) is 10.6. The molecule has 0 aliphatic carbocycles. The lowest BCUT2D eigenvalue weighted by Gasteiger charge is -2.42. The third-order valence-corrected chi connectivity index (χ3v) is 5.81. The molecule has 2 aliphatic rings. The number of nitrogens with zero attached hydrogens (tertiary/aromatic N) is 3. The van der Waals surface area contributed by atoms with Gasteiger partial charge in [-0.3, -0.25) is 14.5 Å². The molecule has 1 saturated heterocycles. The smallest absolute Gasteiger partial charge is 0.236 e. The zero-order valence-corrected chi connectivity index (χ0v) is 17.4. The lowest BCUT2D eigenvalue weighted by molar-refractivity contribution is -0.146. The van der Waals surface area contributed by atoms with Gasteiger partial charge < -0.3 is 14.9 Å². The Morgan fingerprint density at radius 1 is 0.935 bits per heavy atom. The molecule has 0 unspecified atom stereocenters. The summed E-state index contributed by atoms with van der Waals surface area (Å²) >= 11 is 0. The Morgan fingerprint density at radius 2 is 1.58 bits per heavy atom. The monoisotopic (exact) mass is 417 g/mol. The number of carbonyl (C=O) groups is 2. The average molecular weight is 418 g/mol. The topological polar surface area (TPSA) is 64.1 Å². The Morgan fingerprint density at radius 3 is 2.23 bits per heavy atom. The van der Waals surface area contributed by atoms with Crippen LogP contribution < -0.4 is 0 Å². The van der Waals surface area contributed by atoms with E-state index in [0.29, 0.717) is 25.9 Å². The van der Waals surface area contributed by atoms with Crippen molar-refractivity contribution >= 4 is 11.8 Å². The van der Waals surface area contributed by atoms with Crippen LogP contribution in [-0.4, -0.2) is 44.8 Å². The lowest BCUT2D eigenvalue weighted by atomic mass is 9.83. The molecule has 6 heteroatoms. The van der Waals surface area contributed by atoms with E-state index in [1.54, 1.807) is 29.7 Å². The molecule has 31 heavy (non-hydrogen) atoms. The minimum absolute atomic E-state index is 0.0319. The fraction of sp³-hybridized carbons (Fsp3) is 0.280. The van der Waals surface area contributed by atoms with Crippen LogP contribution in [0.5, 0.6) is 0 Å². The Bertz CT molecular complexity index is 944. The van der Waals surface area contributed by atoms with Crippen molar-refractivity contribution in [3.63, 3.8) is 0 Å². The van der Waals surface area contributed by atoms with Crippen LogP contribution in [0.2, 0.25) is 0 Å². The average Bonchev–Trinajstić information content (AvgIpc) is 2.82. The van der Waals surface area contributed by atoms with Gasteiger partial charge in [0.2, 0.25) is 11.8 Å². The molecule has 6 nitrogen and oxygen atoms in total. The van der Waals surface area contributed by atoms with Crippen molar-refractivity contribution in [2.24, 2.45) is 5.92 Å². The molecule has 2 atom stereocenters. The predicted molar refractivity (Wildman–Crippen MR) is 118 cm³/mol. The molecule has 2 aliphatic heterocycles. The number of hydrogen-bond acceptors (Lipinski definition) is 4. The van der Waals surface area contributed by atoms with Crippen molar-refractivity contribution in [2.75, 3.05) is 13.2 Å². The second-order valence-electron chi connectivity index (χ2n) is 7.81. The quantitative estimate of drug-likeness (QED) is 0.784. The highest BCUT2D eigenvalue weighted by Crippen LogP contribution is 2.39. The predicted octanol–water partition coefficient (Wildman–Crippen LogP) is 3.25. The number of amides is 2. The zero-order valence-electron chi connectivity index (χ0n) is 17.4. The van der Waals surface area contributed by atoms with E-state index in [1.807, 2.05) is 70.5 Å². The third-order valence-electron chi connectivity index (χ3n) is 5.81. The molecule has 2 aromatic carbocycles. The van der Waals surface area contributed by atoms with E-state index in [0.717, 1.165) is 11.1 Å². The van der Waals surface area contributed by atoms with Gasteiger partial charge in [0.15, 0.2) is 0 Å². The molecule has 0 bridgehead atoms. The fourth-order valence-electron chi connectivity index (χ4n) is 4.26. The van der Waals surface area contributed by atoms with E-state index < -0.39 is 0 Å². The van der Waals surface area contributed by atoms with E-state index in [9.17, 15) is 9.59 Å². The van der Waals surface area contributed by atoms with Gasteiger partial charge in [-0.25, -0.2) is 0 Å². The summed E-state index contributed by atoms with van der Waals surface area (Å²) in [6.07, 6.45) is 7.87. The van der Waals surface area contributed by atoms with Gasteiger partial charge in [0.25, 0.3) is 0 Å². The van der Waals surface area contributed by atoms with Crippen LogP contribution >= 0.6 is 0 Å². The molecule has 1 fully saturated rings. The molecule has 0 spiro atoms. The Balaban J connectivity index is 1.63. The van der Waals surface area contributed by atoms with E-state index >= 15 is 0 Å². The van der Waals surface area contributed by atoms with Gasteiger partial charge in [-0.2, -0.15) is 0 Å². The molecular formula is C25H27N3O3. The zero-order chi connectivity index (χ0) is 21.6. The number of hydrogen-bond donors (Lipinski definition) is 1. The second kappa shape index (κ2) is 9.62. The molecule has 2 aromatic rings. The SMILES string of the molecule is O=C([C@@H]1CCC(=O)N(Cc2ccccc2)[C@H]1c1ccccc1)N1C=CN(CCO)C=C1. The third kappa shape index (κ3) is 4.70. The summed E-state index contributed by atoms with van der Waals surface area (Å²) in [5.41, 5.74) is 2.01. The van der Waals surface area contributed by atoms with Crippen molar-refractivity contribution in [3.8, 4) is 0 Å². The second-order valence-corrected chi connectivity index (χ2v) is 7.81. The van der Waals surface area contributed by atoms with Crippen molar-refractivity contribution < 1.29 is 14.7 Å². The summed E-state index contributed by atoms with van der Waals surface area (Å²) in [6.45, 7) is 0.987. The first-order valence-corrected chi connectivity index (χ1v) is 10.6. The van der Waals surface area contributed by atoms with Crippen LogP contribution in [0.4, 0.5) is 0 Å². The van der Waals surface area contributed by atoms with Gasteiger partial charge >= 0.3 is 0 Å². The Hall–Kier alpha value is -3.38. The summed E-state index contributed by atoms with van der Waals surface area (Å²) in [4.78, 5) is 31.8. The minimum atomic E-state index is -0.345. The van der Waals surface area contributed by atoms with Gasteiger partial charge in [-0.05, 0) is 17.5 Å². The maximum Gasteiger partial charge on any atom is 0.236 e. The summed E-state index contributed by atoms with van der Waals surface area (Å²) in [5, 5.41) is 9.11. The number of β-amino-alcohol motifs (C(OH)–C–C–N with tert-alkyl or cyclic N) is 1. The number of aliphatic hydroxyl groups is 1. The van der Waals surface area contributed by atoms with Gasteiger partial charge in [0.05, 0.1) is 18.6 Å². The molecule has 0 radical (unpaired) electrons. The van der Waals surface area contributed by atoms with E-state index in [-0.39, 0.29) is 30.4 Å². The highest BCUT2D eigenvalue weighted by atomic mass is 16.3. The number of aliphatic hydroxyl groups excluding tert-OH is 1. The first kappa shape index (κ1) is 20.9. The molecule has 4 rings (SSSR count). The van der Waals surface area contributed by atoms with Crippen LogP contribution in [0.1, 0.15) is 30.0 Å². The number of likely N-dealkylation sites (tertiary alicyclic amines) is 1. The van der Waals surface area contributed by atoms with Gasteiger partial charge in [0.1, 0.15) is 0 Å². The molecule has 160 valence electrons. The Labute approximate surface area is 182 Å². The number of piperidine rings is 1. The van der Waals surface area contributed by atoms with Gasteiger partial charge in [-0.1, -0.05) is 60.7 Å². The number of benzene rings is 2. The lowest BCUT2D eigenvalue weighted by Crippen LogP contribution is -2.47. The van der Waals surface area contributed by atoms with Crippen LogP contribution in [0.25, 0.3) is 0 Å². The molecule has 1 N–H and O–H groups in total. The normalized spacial score (nSPS) is 20.9. The number of rotatable bonds is 6. The largest absolute Gasteiger partial charge is 0.395 e. The summed E-state index contributed by atoms with van der Waals surface area (Å²) < 4.78 is 0. The highest BCUT2D eigenvalue weighted by Gasteiger charge is 2.41. The van der Waals surface area contributed by atoms with Crippen LogP contribution in [0.15, 0.2) is 85.5 Å². The maximum atomic E-state index is 13.5. The molecular weight excluding hydrogens is 390 g/mol. The summed E-state index contributed by atoms with van der Waals surface area (Å²) in [6, 6.07) is 19.4. The maximum absolute atomic E-state index is 13.5. The summed E-state index contributed by atoms with van der Waals surface area (Å²) in [7, 11) is 0. The van der Waals surface area contributed by atoms with Crippen LogP contribution in [-0.2, 0) is 16.1 Å². The van der Waals surface area contributed by atoms with Gasteiger partial charge in [0, 0.05) is 44.3 Å². The van der Waals surface area contributed by atoms with Gasteiger partial charge in [-0.15, -0.1) is 0 Å². The highest BCUT2D eigenvalue weighted by molar-refractivity contribution is 5.86. The Kier molecular flexibility index (Phi) is 6.48. The van der Waals surface area contributed by atoms with Crippen molar-refractivity contribution in [2.45, 2.75) is 25.4 Å². The molecule has 0 aromatic heterocycles. The van der Waals surface area contributed by atoms with Crippen LogP contribution in [0.3, 0.4) is 0 Å². The van der Waals surface area contributed by atoms with E-state index in [1.165, 1.54) is 0 Å². The van der Waals surface area contributed by atoms with E-state index in [2.05, 4.69) is 0 Å². The standard InChI is InChI=1S/C25H27N3O3/c29-18-17-26-13-15-27(16-14-26)25(31)22-11-12-23(30)28(19-20-7-3-1-4-8-20)24(22)21-9-5-2-6-10-21/h1-10,13-16,22,24,29H,11-12,17-19H2/t22-,24+/m1/s1.